The Balaban J connectivity index is 2.95. The van der Waals surface area contributed by atoms with E-state index in [-0.39, 0.29) is 17.4 Å². The number of hydrogen-bond donors (Lipinski definition) is 0. The molecule has 0 unspecified atom stereocenters. The van der Waals surface area contributed by atoms with Crippen LogP contribution in [0, 0.1) is 6.92 Å². The first-order valence-electron chi connectivity index (χ1n) is 7.43. The molecule has 0 fully saturated rings. The van der Waals surface area contributed by atoms with Crippen LogP contribution in [0.2, 0.25) is 18.1 Å². The molecule has 0 saturated carbocycles. The molecule has 0 N–H and O–H groups in total. The summed E-state index contributed by atoms with van der Waals surface area (Å²) in [6.45, 7) is 12.7. The molecule has 0 spiro atoms. The largest absolute Gasteiger partial charge is 0.496 e. The number of hydrogen-bond acceptors (Lipinski definition) is 4. The molecule has 0 aliphatic rings. The third-order valence-corrected chi connectivity index (χ3v) is 8.92. The van der Waals surface area contributed by atoms with Crippen LogP contribution in [0.3, 0.4) is 0 Å². The van der Waals surface area contributed by atoms with Crippen molar-refractivity contribution in [1.82, 2.24) is 0 Å². The first-order valence-corrected chi connectivity index (χ1v) is 10.3. The van der Waals surface area contributed by atoms with Crippen molar-refractivity contribution < 1.29 is 18.7 Å². The Kier molecular flexibility index (Phi) is 5.81. The summed E-state index contributed by atoms with van der Waals surface area (Å²) in [5, 5.41) is 0.0793. The van der Waals surface area contributed by atoms with Gasteiger partial charge in [0.05, 0.1) is 20.8 Å². The number of carbonyl (C=O) groups excluding carboxylic acids is 1. The second-order valence-electron chi connectivity index (χ2n) is 6.98. The predicted molar refractivity (Wildman–Crippen MR) is 91.8 cm³/mol. The molecule has 4 nitrogen and oxygen atoms in total. The van der Waals surface area contributed by atoms with Crippen LogP contribution in [0.1, 0.15) is 36.7 Å². The number of rotatable bonds is 6. The molecular weight excluding hydrogens is 296 g/mol. The van der Waals surface area contributed by atoms with Crippen molar-refractivity contribution >= 4 is 14.1 Å². The van der Waals surface area contributed by atoms with E-state index in [1.54, 1.807) is 26.4 Å². The van der Waals surface area contributed by atoms with E-state index >= 15 is 0 Å². The average molecular weight is 324 g/mol. The molecule has 0 aliphatic carbocycles. The predicted octanol–water partition coefficient (Wildman–Crippen LogP) is 4.22. The maximum atomic E-state index is 12.5. The van der Waals surface area contributed by atoms with Crippen LogP contribution in [0.25, 0.3) is 0 Å². The van der Waals surface area contributed by atoms with Crippen LogP contribution in [-0.4, -0.2) is 34.9 Å². The van der Waals surface area contributed by atoms with Crippen LogP contribution in [0.4, 0.5) is 0 Å². The minimum atomic E-state index is -1.94. The summed E-state index contributed by atoms with van der Waals surface area (Å²) in [4.78, 5) is 12.5. The molecule has 22 heavy (non-hydrogen) atoms. The summed E-state index contributed by atoms with van der Waals surface area (Å²) in [6.07, 6.45) is 0. The highest BCUT2D eigenvalue weighted by Crippen LogP contribution is 2.36. The lowest BCUT2D eigenvalue weighted by Crippen LogP contribution is -2.42. The Morgan fingerprint density at radius 3 is 1.91 bits per heavy atom. The van der Waals surface area contributed by atoms with Crippen molar-refractivity contribution in [1.29, 1.82) is 0 Å². The molecule has 1 aromatic carbocycles. The third-order valence-electron chi connectivity index (χ3n) is 4.44. The highest BCUT2D eigenvalue weighted by molar-refractivity contribution is 6.74. The van der Waals surface area contributed by atoms with Crippen molar-refractivity contribution in [3.63, 3.8) is 0 Å². The highest BCUT2D eigenvalue weighted by atomic mass is 28.4. The van der Waals surface area contributed by atoms with E-state index < -0.39 is 8.32 Å². The van der Waals surface area contributed by atoms with Gasteiger partial charge in [0.15, 0.2) is 14.1 Å². The number of benzene rings is 1. The Morgan fingerprint density at radius 1 is 1.09 bits per heavy atom. The molecule has 124 valence electrons. The standard InChI is InChI=1S/C17H28O4Si/c1-12-15(19-5)9-13(10-16(12)20-6)14(18)11-21-22(7,8)17(2,3)4/h9-10H,11H2,1-8H3. The highest BCUT2D eigenvalue weighted by Gasteiger charge is 2.37. The van der Waals surface area contributed by atoms with Crippen molar-refractivity contribution in [3.8, 4) is 11.5 Å². The lowest BCUT2D eigenvalue weighted by atomic mass is 10.1. The fourth-order valence-electron chi connectivity index (χ4n) is 1.79. The Bertz CT molecular complexity index is 519. The minimum absolute atomic E-state index is 0.0542. The van der Waals surface area contributed by atoms with E-state index in [4.69, 9.17) is 13.9 Å². The van der Waals surface area contributed by atoms with Crippen LogP contribution >= 0.6 is 0 Å². The van der Waals surface area contributed by atoms with Gasteiger partial charge in [-0.2, -0.15) is 0 Å². The second-order valence-corrected chi connectivity index (χ2v) is 11.8. The minimum Gasteiger partial charge on any atom is -0.496 e. The van der Waals surface area contributed by atoms with Crippen LogP contribution in [0.15, 0.2) is 12.1 Å². The zero-order valence-corrected chi connectivity index (χ0v) is 16.0. The van der Waals surface area contributed by atoms with E-state index in [0.29, 0.717) is 17.1 Å². The van der Waals surface area contributed by atoms with Crippen LogP contribution in [0.5, 0.6) is 11.5 Å². The Hall–Kier alpha value is -1.33. The molecule has 0 aromatic heterocycles. The smallest absolute Gasteiger partial charge is 0.192 e. The van der Waals surface area contributed by atoms with Gasteiger partial charge < -0.3 is 13.9 Å². The maximum absolute atomic E-state index is 12.5. The molecule has 0 heterocycles. The van der Waals surface area contributed by atoms with Crippen molar-refractivity contribution in [3.05, 3.63) is 23.3 Å². The van der Waals surface area contributed by atoms with E-state index in [9.17, 15) is 4.79 Å². The lowest BCUT2D eigenvalue weighted by Gasteiger charge is -2.35. The first kappa shape index (κ1) is 18.7. The molecule has 0 saturated heterocycles. The van der Waals surface area contributed by atoms with E-state index in [1.165, 1.54) is 0 Å². The first-order chi connectivity index (χ1) is 10.0. The number of ether oxygens (including phenoxy) is 2. The Morgan fingerprint density at radius 2 is 1.55 bits per heavy atom. The van der Waals surface area contributed by atoms with Crippen molar-refractivity contribution in [2.75, 3.05) is 20.8 Å². The Labute approximate surface area is 134 Å². The number of methoxy groups -OCH3 is 2. The maximum Gasteiger partial charge on any atom is 0.192 e. The summed E-state index contributed by atoms with van der Waals surface area (Å²) in [5.74, 6) is 1.24. The van der Waals surface area contributed by atoms with Crippen LogP contribution < -0.4 is 9.47 Å². The number of ketones is 1. The third kappa shape index (κ3) is 4.11. The van der Waals surface area contributed by atoms with E-state index in [1.807, 2.05) is 6.92 Å². The molecule has 0 amide bonds. The summed E-state index contributed by atoms with van der Waals surface area (Å²) in [6, 6.07) is 3.49. The van der Waals surface area contributed by atoms with Gasteiger partial charge in [0.2, 0.25) is 0 Å². The molecule has 1 aromatic rings. The molecule has 1 rings (SSSR count). The van der Waals surface area contributed by atoms with Gasteiger partial charge in [0.25, 0.3) is 0 Å². The zero-order chi connectivity index (χ0) is 17.1. The fraction of sp³-hybridized carbons (Fsp3) is 0.588. The molecule has 0 atom stereocenters. The molecule has 0 bridgehead atoms. The summed E-state index contributed by atoms with van der Waals surface area (Å²) >= 11 is 0. The zero-order valence-electron chi connectivity index (χ0n) is 15.0. The van der Waals surface area contributed by atoms with E-state index in [2.05, 4.69) is 33.9 Å². The van der Waals surface area contributed by atoms with Gasteiger partial charge >= 0.3 is 0 Å². The van der Waals surface area contributed by atoms with Gasteiger partial charge in [-0.15, -0.1) is 0 Å². The van der Waals surface area contributed by atoms with Crippen molar-refractivity contribution in [2.45, 2.75) is 45.8 Å². The SMILES string of the molecule is COc1cc(C(=O)CO[Si](C)(C)C(C)(C)C)cc(OC)c1C. The van der Waals surface area contributed by atoms with Gasteiger partial charge in [-0.25, -0.2) is 0 Å². The van der Waals surface area contributed by atoms with E-state index in [0.717, 1.165) is 5.56 Å². The number of carbonyl (C=O) groups is 1. The van der Waals surface area contributed by atoms with Gasteiger partial charge in [-0.05, 0) is 37.2 Å². The topological polar surface area (TPSA) is 44.8 Å². The molecule has 0 radical (unpaired) electrons. The van der Waals surface area contributed by atoms with Gasteiger partial charge in [0, 0.05) is 11.1 Å². The quantitative estimate of drug-likeness (QED) is 0.580. The van der Waals surface area contributed by atoms with Gasteiger partial charge in [-0.1, -0.05) is 20.8 Å². The number of Topliss-reactive ketones (excluding diaryl/α,β-unsaturated/α-hetero) is 1. The molecule has 5 heteroatoms. The summed E-state index contributed by atoms with van der Waals surface area (Å²) in [5.41, 5.74) is 1.44. The average Bonchev–Trinajstić information content (AvgIpc) is 2.43. The lowest BCUT2D eigenvalue weighted by molar-refractivity contribution is 0.0910. The fourth-order valence-corrected chi connectivity index (χ4v) is 2.72. The second kappa shape index (κ2) is 6.83. The monoisotopic (exact) mass is 324 g/mol. The molecule has 0 aliphatic heterocycles. The summed E-state index contributed by atoms with van der Waals surface area (Å²) in [7, 11) is 1.23. The summed E-state index contributed by atoms with van der Waals surface area (Å²) < 4.78 is 16.6. The normalized spacial score (nSPS) is 12.2. The van der Waals surface area contributed by atoms with Gasteiger partial charge in [0.1, 0.15) is 11.5 Å². The van der Waals surface area contributed by atoms with Crippen molar-refractivity contribution in [2.24, 2.45) is 0 Å². The van der Waals surface area contributed by atoms with Crippen LogP contribution in [-0.2, 0) is 4.43 Å². The molecular formula is C17H28O4Si. The van der Waals surface area contributed by atoms with Gasteiger partial charge in [-0.3, -0.25) is 4.79 Å².